The molecule has 3 amide bonds. The number of aromatic hydroxyl groups is 1. The number of benzene rings is 1. The molecule has 1 fully saturated rings. The van der Waals surface area contributed by atoms with Gasteiger partial charge in [0.25, 0.3) is 5.91 Å². The Morgan fingerprint density at radius 3 is 2.57 bits per heavy atom. The van der Waals surface area contributed by atoms with Crippen molar-refractivity contribution in [1.29, 1.82) is 0 Å². The lowest BCUT2D eigenvalue weighted by Crippen LogP contribution is -2.46. The number of hydrogen-bond acceptors (Lipinski definition) is 6. The molecule has 30 heavy (non-hydrogen) atoms. The van der Waals surface area contributed by atoms with Crippen LogP contribution in [0.5, 0.6) is 11.6 Å². The second-order valence-electron chi connectivity index (χ2n) is 7.35. The molecule has 1 aliphatic heterocycles. The molecule has 1 saturated heterocycles. The van der Waals surface area contributed by atoms with Crippen molar-refractivity contribution in [1.82, 2.24) is 9.88 Å². The number of nitrogens with zero attached hydrogens (tertiary/aromatic N) is 2. The highest BCUT2D eigenvalue weighted by Gasteiger charge is 2.34. The molecule has 2 unspecified atom stereocenters. The number of amides is 3. The van der Waals surface area contributed by atoms with Crippen LogP contribution in [-0.2, 0) is 9.59 Å². The number of primary amides is 1. The number of phenolic OH excluding ortho intramolecular Hbond substituents is 1. The van der Waals surface area contributed by atoms with Crippen molar-refractivity contribution in [2.75, 3.05) is 19.0 Å². The van der Waals surface area contributed by atoms with Crippen molar-refractivity contribution >= 4 is 23.4 Å². The van der Waals surface area contributed by atoms with Crippen LogP contribution in [0, 0.1) is 5.92 Å². The van der Waals surface area contributed by atoms with E-state index < -0.39 is 17.7 Å². The number of nitrogens with one attached hydrogen (secondary N) is 1. The number of ether oxygens (including phenoxy) is 1. The Balaban J connectivity index is 1.80. The van der Waals surface area contributed by atoms with E-state index in [1.807, 2.05) is 6.92 Å². The molecular formula is C21H24N4O5. The Bertz CT molecular complexity index is 960. The highest BCUT2D eigenvalue weighted by molar-refractivity contribution is 6.39. The average Bonchev–Trinajstić information content (AvgIpc) is 2.73. The summed E-state index contributed by atoms with van der Waals surface area (Å²) in [6, 6.07) is 7.67. The van der Waals surface area contributed by atoms with E-state index in [0.717, 1.165) is 12.0 Å². The van der Waals surface area contributed by atoms with Crippen LogP contribution in [0.2, 0.25) is 0 Å². The Morgan fingerprint density at radius 1 is 1.23 bits per heavy atom. The van der Waals surface area contributed by atoms with Gasteiger partial charge in [0.2, 0.25) is 5.88 Å². The van der Waals surface area contributed by atoms with Gasteiger partial charge in [-0.05, 0) is 42.5 Å². The van der Waals surface area contributed by atoms with Crippen molar-refractivity contribution in [2.24, 2.45) is 11.7 Å². The molecule has 2 heterocycles. The number of hydrogen-bond donors (Lipinski definition) is 3. The SMILES string of the molecule is COc1ncc(NC(=O)C(=O)N2CC(C)CCC2c2ccc(O)cc2)cc1C(N)=O. The van der Waals surface area contributed by atoms with E-state index in [0.29, 0.717) is 13.0 Å². The summed E-state index contributed by atoms with van der Waals surface area (Å²) in [6.07, 6.45) is 2.91. The van der Waals surface area contributed by atoms with Crippen LogP contribution in [0.1, 0.15) is 41.7 Å². The molecule has 2 atom stereocenters. The molecule has 0 spiro atoms. The lowest BCUT2D eigenvalue weighted by atomic mass is 9.90. The first-order valence-electron chi connectivity index (χ1n) is 9.55. The number of anilines is 1. The van der Waals surface area contributed by atoms with Crippen molar-refractivity contribution in [3.8, 4) is 11.6 Å². The van der Waals surface area contributed by atoms with Gasteiger partial charge in [-0.25, -0.2) is 4.98 Å². The smallest absolute Gasteiger partial charge is 0.313 e. The summed E-state index contributed by atoms with van der Waals surface area (Å²) < 4.78 is 4.97. The number of likely N-dealkylation sites (tertiary alicyclic amines) is 1. The lowest BCUT2D eigenvalue weighted by molar-refractivity contribution is -0.146. The van der Waals surface area contributed by atoms with Gasteiger partial charge in [-0.3, -0.25) is 14.4 Å². The minimum absolute atomic E-state index is 0.00341. The third-order valence-electron chi connectivity index (χ3n) is 5.12. The monoisotopic (exact) mass is 412 g/mol. The third kappa shape index (κ3) is 4.51. The summed E-state index contributed by atoms with van der Waals surface area (Å²) in [7, 11) is 1.34. The van der Waals surface area contributed by atoms with Crippen molar-refractivity contribution < 1.29 is 24.2 Å². The van der Waals surface area contributed by atoms with Gasteiger partial charge in [0.1, 0.15) is 11.3 Å². The van der Waals surface area contributed by atoms with E-state index in [1.165, 1.54) is 19.4 Å². The van der Waals surface area contributed by atoms with E-state index in [9.17, 15) is 19.5 Å². The maximum absolute atomic E-state index is 13.0. The van der Waals surface area contributed by atoms with E-state index in [2.05, 4.69) is 10.3 Å². The molecule has 0 bridgehead atoms. The second kappa shape index (κ2) is 8.81. The molecule has 9 nitrogen and oxygen atoms in total. The van der Waals surface area contributed by atoms with Gasteiger partial charge in [0.15, 0.2) is 0 Å². The third-order valence-corrected chi connectivity index (χ3v) is 5.12. The zero-order chi connectivity index (χ0) is 21.8. The molecular weight excluding hydrogens is 388 g/mol. The van der Waals surface area contributed by atoms with Crippen molar-refractivity contribution in [3.05, 3.63) is 47.7 Å². The van der Waals surface area contributed by atoms with Crippen LogP contribution in [-0.4, -0.2) is 46.4 Å². The predicted molar refractivity (Wildman–Crippen MR) is 109 cm³/mol. The van der Waals surface area contributed by atoms with Gasteiger partial charge in [-0.1, -0.05) is 19.1 Å². The zero-order valence-electron chi connectivity index (χ0n) is 16.8. The number of aromatic nitrogens is 1. The predicted octanol–water partition coefficient (Wildman–Crippen LogP) is 1.83. The van der Waals surface area contributed by atoms with Gasteiger partial charge in [-0.2, -0.15) is 0 Å². The molecule has 158 valence electrons. The minimum atomic E-state index is -0.838. The van der Waals surface area contributed by atoms with Crippen molar-refractivity contribution in [2.45, 2.75) is 25.8 Å². The highest BCUT2D eigenvalue weighted by Crippen LogP contribution is 2.34. The number of carbonyl (C=O) groups is 3. The van der Waals surface area contributed by atoms with Crippen LogP contribution >= 0.6 is 0 Å². The molecule has 0 aliphatic carbocycles. The van der Waals surface area contributed by atoms with E-state index >= 15 is 0 Å². The molecule has 1 aromatic carbocycles. The first-order valence-corrected chi connectivity index (χ1v) is 9.55. The van der Waals surface area contributed by atoms with Crippen LogP contribution in [0.4, 0.5) is 5.69 Å². The van der Waals surface area contributed by atoms with Crippen LogP contribution in [0.3, 0.4) is 0 Å². The minimum Gasteiger partial charge on any atom is -0.508 e. The van der Waals surface area contributed by atoms with Gasteiger partial charge in [-0.15, -0.1) is 0 Å². The number of piperidine rings is 1. The summed E-state index contributed by atoms with van der Waals surface area (Å²) >= 11 is 0. The van der Waals surface area contributed by atoms with Crippen LogP contribution < -0.4 is 15.8 Å². The van der Waals surface area contributed by atoms with E-state index in [-0.39, 0.29) is 34.8 Å². The number of rotatable bonds is 4. The van der Waals surface area contributed by atoms with Crippen molar-refractivity contribution in [3.63, 3.8) is 0 Å². The van der Waals surface area contributed by atoms with Gasteiger partial charge >= 0.3 is 11.8 Å². The maximum atomic E-state index is 13.0. The number of nitrogens with two attached hydrogens (primary N) is 1. The summed E-state index contributed by atoms with van der Waals surface area (Å²) in [5.41, 5.74) is 6.32. The van der Waals surface area contributed by atoms with Gasteiger partial charge in [0.05, 0.1) is 25.0 Å². The first-order chi connectivity index (χ1) is 14.3. The van der Waals surface area contributed by atoms with Crippen LogP contribution in [0.15, 0.2) is 36.5 Å². The Labute approximate surface area is 173 Å². The summed E-state index contributed by atoms with van der Waals surface area (Å²) in [6.45, 7) is 2.46. The number of methoxy groups -OCH3 is 1. The topological polar surface area (TPSA) is 135 Å². The molecule has 0 radical (unpaired) electrons. The summed E-state index contributed by atoms with van der Waals surface area (Å²) in [5, 5.41) is 12.0. The highest BCUT2D eigenvalue weighted by atomic mass is 16.5. The molecule has 0 saturated carbocycles. The largest absolute Gasteiger partial charge is 0.508 e. The molecule has 3 rings (SSSR count). The Hall–Kier alpha value is -3.62. The zero-order valence-corrected chi connectivity index (χ0v) is 16.8. The Kier molecular flexibility index (Phi) is 6.20. The molecule has 4 N–H and O–H groups in total. The normalized spacial score (nSPS) is 18.5. The number of phenols is 1. The first kappa shape index (κ1) is 21.1. The van der Waals surface area contributed by atoms with Gasteiger partial charge < -0.3 is 25.8 Å². The molecule has 2 aromatic rings. The molecule has 1 aromatic heterocycles. The number of carbonyl (C=O) groups excluding carboxylic acids is 3. The summed E-state index contributed by atoms with van der Waals surface area (Å²) in [4.78, 5) is 42.7. The van der Waals surface area contributed by atoms with E-state index in [1.54, 1.807) is 29.2 Å². The van der Waals surface area contributed by atoms with Crippen LogP contribution in [0.25, 0.3) is 0 Å². The fourth-order valence-corrected chi connectivity index (χ4v) is 3.59. The lowest BCUT2D eigenvalue weighted by Gasteiger charge is -2.38. The maximum Gasteiger partial charge on any atom is 0.313 e. The fourth-order valence-electron chi connectivity index (χ4n) is 3.59. The Morgan fingerprint density at radius 2 is 1.93 bits per heavy atom. The molecule has 9 heteroatoms. The number of pyridine rings is 1. The quantitative estimate of drug-likeness (QED) is 0.656. The average molecular weight is 412 g/mol. The fraction of sp³-hybridized carbons (Fsp3) is 0.333. The van der Waals surface area contributed by atoms with E-state index in [4.69, 9.17) is 10.5 Å². The molecule has 1 aliphatic rings. The second-order valence-corrected chi connectivity index (χ2v) is 7.35. The summed E-state index contributed by atoms with van der Waals surface area (Å²) in [5.74, 6) is -1.87. The van der Waals surface area contributed by atoms with Gasteiger partial charge in [0, 0.05) is 6.54 Å². The standard InChI is InChI=1S/C21H24N4O5/c1-12-3-8-17(13-4-6-15(26)7-5-13)25(11-12)21(29)19(28)24-14-9-16(18(22)27)20(30-2)23-10-14/h4-7,9-10,12,17,26H,3,8,11H2,1-2H3,(H2,22,27)(H,24,28).